The van der Waals surface area contributed by atoms with Crippen molar-refractivity contribution < 1.29 is 40.0 Å². The van der Waals surface area contributed by atoms with Crippen molar-refractivity contribution in [1.29, 1.82) is 0 Å². The number of ether oxygens (including phenoxy) is 2. The average Bonchev–Trinajstić information content (AvgIpc) is 3.40. The van der Waals surface area contributed by atoms with Crippen molar-refractivity contribution in [2.45, 2.75) is 32.5 Å². The van der Waals surface area contributed by atoms with Gasteiger partial charge in [0, 0.05) is 57.3 Å². The first-order valence-corrected chi connectivity index (χ1v) is 16.9. The van der Waals surface area contributed by atoms with E-state index in [0.717, 1.165) is 22.9 Å². The van der Waals surface area contributed by atoms with E-state index in [0.29, 0.717) is 62.2 Å². The lowest BCUT2D eigenvalue weighted by atomic mass is 10.2. The molecule has 16 heteroatoms. The standard InChI is InChI=1S/C28H28F3N5O3.C5H12O3S.ClH/c1-34-24-15-23(39-26-9-5-21(32)16-33-26)8-4-20(24)14-25(34)27(37)36-12-10-35(11-13-36)17-19-2-6-22(7-3-19)38-18-28(29,30)31;1-3-4-5-9(6,7)8-2;/h2-9,14-16H,10-13,17-18,32H2,1H3;3-5H2,1-2H3;1H. The van der Waals surface area contributed by atoms with E-state index in [1.54, 1.807) is 36.4 Å². The molecule has 0 spiro atoms. The third-order valence-corrected chi connectivity index (χ3v) is 8.91. The van der Waals surface area contributed by atoms with Crippen LogP contribution in [0.1, 0.15) is 35.8 Å². The van der Waals surface area contributed by atoms with E-state index in [1.165, 1.54) is 13.3 Å². The van der Waals surface area contributed by atoms with Gasteiger partial charge in [0.25, 0.3) is 16.0 Å². The average molecular weight is 728 g/mol. The molecule has 2 aromatic heterocycles. The fourth-order valence-electron chi connectivity index (χ4n) is 4.94. The predicted molar refractivity (Wildman–Crippen MR) is 184 cm³/mol. The highest BCUT2D eigenvalue weighted by molar-refractivity contribution is 7.86. The fraction of sp³-hybridized carbons (Fsp3) is 0.394. The number of nitrogen functional groups attached to an aromatic ring is 1. The molecule has 0 radical (unpaired) electrons. The Hall–Kier alpha value is -4.05. The maximum Gasteiger partial charge on any atom is 0.422 e. The molecule has 4 aromatic rings. The minimum Gasteiger partial charge on any atom is -0.484 e. The Bertz CT molecular complexity index is 1760. The molecule has 2 aromatic carbocycles. The molecule has 1 aliphatic heterocycles. The Labute approximate surface area is 290 Å². The molecule has 1 amide bonds. The maximum absolute atomic E-state index is 13.4. The zero-order chi connectivity index (χ0) is 34.9. The number of carbonyl (C=O) groups excluding carboxylic acids is 1. The van der Waals surface area contributed by atoms with Gasteiger partial charge in [0.2, 0.25) is 5.88 Å². The lowest BCUT2D eigenvalue weighted by Crippen LogP contribution is -2.48. The number of alkyl halides is 3. The van der Waals surface area contributed by atoms with E-state index in [1.807, 2.05) is 47.7 Å². The number of halogens is 4. The molecule has 3 heterocycles. The summed E-state index contributed by atoms with van der Waals surface area (Å²) in [6, 6.07) is 17.5. The number of hydrogen-bond acceptors (Lipinski definition) is 9. The Kier molecular flexibility index (Phi) is 14.1. The van der Waals surface area contributed by atoms with Crippen LogP contribution < -0.4 is 15.2 Å². The van der Waals surface area contributed by atoms with Gasteiger partial charge in [0.1, 0.15) is 17.2 Å². The fourth-order valence-corrected chi connectivity index (χ4v) is 5.75. The van der Waals surface area contributed by atoms with Crippen molar-refractivity contribution in [2.24, 2.45) is 7.05 Å². The zero-order valence-corrected chi connectivity index (χ0v) is 29.1. The summed E-state index contributed by atoms with van der Waals surface area (Å²) in [6.07, 6.45) is -1.28. The summed E-state index contributed by atoms with van der Waals surface area (Å²) in [4.78, 5) is 21.6. The number of benzene rings is 2. The van der Waals surface area contributed by atoms with E-state index < -0.39 is 22.9 Å². The number of piperazine rings is 1. The van der Waals surface area contributed by atoms with Gasteiger partial charge in [0.15, 0.2) is 6.61 Å². The molecule has 11 nitrogen and oxygen atoms in total. The first kappa shape index (κ1) is 39.4. The van der Waals surface area contributed by atoms with Crippen LogP contribution in [0.3, 0.4) is 0 Å². The Balaban J connectivity index is 0.000000574. The van der Waals surface area contributed by atoms with Crippen molar-refractivity contribution in [3.8, 4) is 17.4 Å². The number of unbranched alkanes of at least 4 members (excludes halogenated alkanes) is 1. The van der Waals surface area contributed by atoms with Crippen LogP contribution >= 0.6 is 12.4 Å². The second kappa shape index (κ2) is 17.6. The SMILES string of the molecule is CCCCS(=O)(=O)OC.Cl.Cn1c(C(=O)N2CCN(Cc3ccc(OCC(F)(F)F)cc3)CC2)cc2ccc(Oc3ccc(N)cn3)cc21. The van der Waals surface area contributed by atoms with Gasteiger partial charge < -0.3 is 24.7 Å². The summed E-state index contributed by atoms with van der Waals surface area (Å²) in [5.41, 5.74) is 8.66. The number of hydrogen-bond donors (Lipinski definition) is 1. The molecule has 5 rings (SSSR count). The van der Waals surface area contributed by atoms with Crippen LogP contribution in [0.5, 0.6) is 17.4 Å². The van der Waals surface area contributed by atoms with Gasteiger partial charge in [-0.3, -0.25) is 13.9 Å². The molecule has 0 saturated carbocycles. The predicted octanol–water partition coefficient (Wildman–Crippen LogP) is 6.03. The van der Waals surface area contributed by atoms with Crippen LogP contribution in [0.15, 0.2) is 66.9 Å². The number of amides is 1. The van der Waals surface area contributed by atoms with Crippen LogP contribution in [-0.4, -0.2) is 85.5 Å². The lowest BCUT2D eigenvalue weighted by Gasteiger charge is -2.34. The quantitative estimate of drug-likeness (QED) is 0.184. The maximum atomic E-state index is 13.4. The van der Waals surface area contributed by atoms with E-state index >= 15 is 0 Å². The highest BCUT2D eigenvalue weighted by Gasteiger charge is 2.28. The van der Waals surface area contributed by atoms with Crippen LogP contribution in [-0.2, 0) is 27.9 Å². The summed E-state index contributed by atoms with van der Waals surface area (Å²) in [5.74, 6) is 1.32. The first-order valence-electron chi connectivity index (χ1n) is 15.3. The minimum absolute atomic E-state index is 0. The molecular formula is C33H41ClF3N5O6S. The van der Waals surface area contributed by atoms with E-state index in [4.69, 9.17) is 15.2 Å². The molecule has 0 unspecified atom stereocenters. The molecule has 0 atom stereocenters. The highest BCUT2D eigenvalue weighted by atomic mass is 35.5. The normalized spacial score (nSPS) is 13.7. The molecule has 2 N–H and O–H groups in total. The molecular weight excluding hydrogens is 687 g/mol. The number of nitrogens with zero attached hydrogens (tertiary/aromatic N) is 4. The number of pyridine rings is 1. The molecule has 1 fully saturated rings. The van der Waals surface area contributed by atoms with Crippen LogP contribution in [0.25, 0.3) is 10.9 Å². The van der Waals surface area contributed by atoms with E-state index in [-0.39, 0.29) is 29.8 Å². The summed E-state index contributed by atoms with van der Waals surface area (Å²) in [5, 5.41) is 0.930. The third-order valence-electron chi connectivity index (χ3n) is 7.61. The minimum atomic E-state index is -4.37. The smallest absolute Gasteiger partial charge is 0.422 e. The van der Waals surface area contributed by atoms with Gasteiger partial charge in [-0.05, 0) is 48.4 Å². The summed E-state index contributed by atoms with van der Waals surface area (Å²) in [6.45, 7) is 3.79. The summed E-state index contributed by atoms with van der Waals surface area (Å²) >= 11 is 0. The van der Waals surface area contributed by atoms with Crippen molar-refractivity contribution in [1.82, 2.24) is 19.4 Å². The Morgan fingerprint density at radius 1 is 0.980 bits per heavy atom. The van der Waals surface area contributed by atoms with Gasteiger partial charge in [-0.1, -0.05) is 25.5 Å². The van der Waals surface area contributed by atoms with Crippen molar-refractivity contribution in [3.05, 3.63) is 78.1 Å². The monoisotopic (exact) mass is 727 g/mol. The number of rotatable bonds is 11. The van der Waals surface area contributed by atoms with Crippen molar-refractivity contribution >= 4 is 45.0 Å². The summed E-state index contributed by atoms with van der Waals surface area (Å²) in [7, 11) is -0.136. The lowest BCUT2D eigenvalue weighted by molar-refractivity contribution is -0.153. The largest absolute Gasteiger partial charge is 0.484 e. The molecule has 0 aliphatic carbocycles. The number of aryl methyl sites for hydroxylation is 1. The number of anilines is 1. The molecule has 268 valence electrons. The number of nitrogens with two attached hydrogens (primary N) is 1. The third kappa shape index (κ3) is 11.8. The molecule has 1 saturated heterocycles. The van der Waals surface area contributed by atoms with E-state index in [9.17, 15) is 26.4 Å². The Morgan fingerprint density at radius 3 is 2.24 bits per heavy atom. The second-order valence-corrected chi connectivity index (χ2v) is 13.1. The van der Waals surface area contributed by atoms with Crippen molar-refractivity contribution in [2.75, 3.05) is 51.4 Å². The zero-order valence-electron chi connectivity index (χ0n) is 27.5. The van der Waals surface area contributed by atoms with Gasteiger partial charge in [-0.2, -0.15) is 21.6 Å². The Morgan fingerprint density at radius 2 is 1.65 bits per heavy atom. The van der Waals surface area contributed by atoms with Gasteiger partial charge in [-0.25, -0.2) is 4.98 Å². The topological polar surface area (TPSA) is 129 Å². The van der Waals surface area contributed by atoms with Crippen LogP contribution in [0.2, 0.25) is 0 Å². The van der Waals surface area contributed by atoms with E-state index in [2.05, 4.69) is 14.1 Å². The van der Waals surface area contributed by atoms with Crippen LogP contribution in [0, 0.1) is 0 Å². The van der Waals surface area contributed by atoms with Gasteiger partial charge in [-0.15, -0.1) is 12.4 Å². The molecule has 1 aliphatic rings. The first-order chi connectivity index (χ1) is 22.8. The van der Waals surface area contributed by atoms with Gasteiger partial charge >= 0.3 is 6.18 Å². The van der Waals surface area contributed by atoms with Crippen molar-refractivity contribution in [3.63, 3.8) is 0 Å². The second-order valence-electron chi connectivity index (χ2n) is 11.2. The van der Waals surface area contributed by atoms with Crippen LogP contribution in [0.4, 0.5) is 18.9 Å². The number of carbonyl (C=O) groups is 1. The molecule has 49 heavy (non-hydrogen) atoms. The highest BCUT2D eigenvalue weighted by Crippen LogP contribution is 2.28. The molecule has 0 bridgehead atoms. The number of fused-ring (bicyclic) bond motifs is 1. The van der Waals surface area contributed by atoms with Gasteiger partial charge in [0.05, 0.1) is 30.3 Å². The summed E-state index contributed by atoms with van der Waals surface area (Å²) < 4.78 is 74.8. The number of aromatic nitrogens is 2.